The molecule has 0 spiro atoms. The Kier molecular flexibility index (Phi) is 5.53. The Labute approximate surface area is 224 Å². The Morgan fingerprint density at radius 3 is 2.77 bits per heavy atom. The molecule has 2 N–H and O–H groups in total. The zero-order valence-corrected chi connectivity index (χ0v) is 21.6. The Hall–Kier alpha value is -4.09. The number of hydrogen-bond acceptors (Lipinski definition) is 6. The molecule has 1 fully saturated rings. The minimum Gasteiger partial charge on any atom is -0.336 e. The molecule has 1 saturated heterocycles. The minimum absolute atomic E-state index is 0.152. The van der Waals surface area contributed by atoms with Gasteiger partial charge in [-0.05, 0) is 42.8 Å². The van der Waals surface area contributed by atoms with E-state index in [0.29, 0.717) is 46.6 Å². The fourth-order valence-electron chi connectivity index (χ4n) is 5.15. The van der Waals surface area contributed by atoms with E-state index in [9.17, 15) is 8.78 Å². The summed E-state index contributed by atoms with van der Waals surface area (Å²) in [4.78, 5) is 20.9. The van der Waals surface area contributed by atoms with E-state index >= 15 is 4.39 Å². The van der Waals surface area contributed by atoms with Crippen molar-refractivity contribution in [1.29, 1.82) is 0 Å². The van der Waals surface area contributed by atoms with Crippen LogP contribution in [0, 0.1) is 12.7 Å². The smallest absolute Gasteiger partial charge is 0.261 e. The topological polar surface area (TPSA) is 86.4 Å². The number of fused-ring (bicyclic) bond motifs is 2. The molecular weight excluding hydrogens is 523 g/mol. The van der Waals surface area contributed by atoms with Crippen LogP contribution in [0.15, 0.2) is 55.0 Å². The summed E-state index contributed by atoms with van der Waals surface area (Å²) in [5, 5.41) is 8.05. The van der Waals surface area contributed by atoms with E-state index < -0.39 is 11.7 Å². The quantitative estimate of drug-likeness (QED) is 0.256. The summed E-state index contributed by atoms with van der Waals surface area (Å²) in [5.41, 5.74) is 5.09. The number of aromatic amines is 2. The number of aromatic nitrogens is 6. The molecule has 0 saturated carbocycles. The third-order valence-corrected chi connectivity index (χ3v) is 8.02. The van der Waals surface area contributed by atoms with Crippen LogP contribution >= 0.6 is 11.3 Å². The van der Waals surface area contributed by atoms with Crippen molar-refractivity contribution in [2.24, 2.45) is 0 Å². The van der Waals surface area contributed by atoms with Crippen LogP contribution in [0.2, 0.25) is 0 Å². The van der Waals surface area contributed by atoms with Gasteiger partial charge in [0.2, 0.25) is 0 Å². The molecule has 11 heteroatoms. The Morgan fingerprint density at radius 2 is 1.97 bits per heavy atom. The number of alkyl halides is 2. The van der Waals surface area contributed by atoms with Crippen LogP contribution < -0.4 is 0 Å². The first kappa shape index (κ1) is 24.0. The molecule has 0 radical (unpaired) electrons. The number of H-pyrrole nitrogens is 2. The number of imidazole rings is 1. The van der Waals surface area contributed by atoms with Gasteiger partial charge in [0, 0.05) is 65.6 Å². The lowest BCUT2D eigenvalue weighted by Gasteiger charge is -2.16. The van der Waals surface area contributed by atoms with E-state index in [4.69, 9.17) is 4.98 Å². The maximum absolute atomic E-state index is 15.2. The van der Waals surface area contributed by atoms with Crippen LogP contribution in [0.1, 0.15) is 16.9 Å². The number of likely N-dealkylation sites (tertiary alicyclic amines) is 1. The monoisotopic (exact) mass is 545 g/mol. The summed E-state index contributed by atoms with van der Waals surface area (Å²) in [7, 11) is 0. The average molecular weight is 546 g/mol. The number of nitrogens with one attached hydrogen (secondary N) is 2. The van der Waals surface area contributed by atoms with Gasteiger partial charge in [0.1, 0.15) is 22.7 Å². The summed E-state index contributed by atoms with van der Waals surface area (Å²) in [6.45, 7) is 2.41. The molecule has 7 nitrogen and oxygen atoms in total. The molecule has 1 aliphatic heterocycles. The third kappa shape index (κ3) is 4.37. The van der Waals surface area contributed by atoms with Crippen LogP contribution in [0.5, 0.6) is 0 Å². The van der Waals surface area contributed by atoms with Crippen molar-refractivity contribution in [2.75, 3.05) is 13.1 Å². The standard InChI is InChI=1S/C28H22F3N7S/c1-15-2-3-23(39-15)26-25-21(4-6-33-26)34-27(35-25)24-19-9-18(20(29)10-22(19)36-37-24)17-8-16(11-32-12-17)13-38-7-5-28(30,31)14-38/h2-4,6,8-12H,5,7,13-14H2,1H3,(H,34,35)(H,36,37). The van der Waals surface area contributed by atoms with E-state index in [1.807, 2.05) is 19.1 Å². The highest BCUT2D eigenvalue weighted by Crippen LogP contribution is 2.35. The Morgan fingerprint density at radius 1 is 1.08 bits per heavy atom. The number of thiophene rings is 1. The van der Waals surface area contributed by atoms with Gasteiger partial charge in [-0.2, -0.15) is 5.10 Å². The molecule has 0 bridgehead atoms. The van der Waals surface area contributed by atoms with Crippen LogP contribution in [-0.4, -0.2) is 54.0 Å². The minimum atomic E-state index is -2.67. The second kappa shape index (κ2) is 8.99. The lowest BCUT2D eigenvalue weighted by Crippen LogP contribution is -2.24. The molecule has 6 aromatic rings. The van der Waals surface area contributed by atoms with Crippen molar-refractivity contribution in [1.82, 2.24) is 35.0 Å². The molecule has 1 aliphatic rings. The van der Waals surface area contributed by atoms with E-state index in [1.54, 1.807) is 47.0 Å². The van der Waals surface area contributed by atoms with Gasteiger partial charge in [-0.1, -0.05) is 0 Å². The normalized spacial score (nSPS) is 15.6. The molecule has 0 atom stereocenters. The number of pyridine rings is 2. The average Bonchev–Trinajstić information content (AvgIpc) is 3.69. The first-order chi connectivity index (χ1) is 18.8. The predicted octanol–water partition coefficient (Wildman–Crippen LogP) is 6.58. The highest BCUT2D eigenvalue weighted by molar-refractivity contribution is 7.15. The van der Waals surface area contributed by atoms with Crippen molar-refractivity contribution in [2.45, 2.75) is 25.8 Å². The number of benzene rings is 1. The van der Waals surface area contributed by atoms with Crippen molar-refractivity contribution >= 4 is 33.3 Å². The second-order valence-electron chi connectivity index (χ2n) is 9.90. The molecule has 6 heterocycles. The molecule has 5 aromatic heterocycles. The third-order valence-electron chi connectivity index (χ3n) is 7.01. The molecule has 1 aromatic carbocycles. The number of rotatable bonds is 5. The van der Waals surface area contributed by atoms with Gasteiger partial charge < -0.3 is 4.98 Å². The zero-order chi connectivity index (χ0) is 26.7. The van der Waals surface area contributed by atoms with Crippen molar-refractivity contribution in [3.63, 3.8) is 0 Å². The highest BCUT2D eigenvalue weighted by Gasteiger charge is 2.38. The van der Waals surface area contributed by atoms with Crippen LogP contribution in [-0.2, 0) is 6.54 Å². The summed E-state index contributed by atoms with van der Waals surface area (Å²) in [5.74, 6) is -2.57. The fraction of sp³-hybridized carbons (Fsp3) is 0.214. The molecule has 0 amide bonds. The van der Waals surface area contributed by atoms with Gasteiger partial charge in [0.05, 0.1) is 22.5 Å². The first-order valence-corrected chi connectivity index (χ1v) is 13.3. The van der Waals surface area contributed by atoms with E-state index in [2.05, 4.69) is 31.2 Å². The van der Waals surface area contributed by atoms with Gasteiger partial charge in [-0.15, -0.1) is 11.3 Å². The fourth-order valence-corrected chi connectivity index (χ4v) is 6.02. The van der Waals surface area contributed by atoms with Gasteiger partial charge in [-0.25, -0.2) is 18.2 Å². The first-order valence-electron chi connectivity index (χ1n) is 12.5. The number of aryl methyl sites for hydroxylation is 1. The number of hydrogen-bond donors (Lipinski definition) is 2. The molecule has 0 unspecified atom stereocenters. The molecular formula is C28H22F3N7S. The second-order valence-corrected chi connectivity index (χ2v) is 11.2. The van der Waals surface area contributed by atoms with E-state index in [-0.39, 0.29) is 13.0 Å². The van der Waals surface area contributed by atoms with E-state index in [0.717, 1.165) is 27.2 Å². The molecule has 39 heavy (non-hydrogen) atoms. The van der Waals surface area contributed by atoms with Crippen LogP contribution in [0.3, 0.4) is 0 Å². The Balaban J connectivity index is 1.27. The van der Waals surface area contributed by atoms with E-state index in [1.165, 1.54) is 10.9 Å². The lowest BCUT2D eigenvalue weighted by atomic mass is 10.0. The highest BCUT2D eigenvalue weighted by atomic mass is 32.1. The zero-order valence-electron chi connectivity index (χ0n) is 20.8. The summed E-state index contributed by atoms with van der Waals surface area (Å²) < 4.78 is 42.5. The van der Waals surface area contributed by atoms with Gasteiger partial charge in [0.15, 0.2) is 5.82 Å². The predicted molar refractivity (Wildman–Crippen MR) is 145 cm³/mol. The Bertz CT molecular complexity index is 1850. The van der Waals surface area contributed by atoms with Crippen LogP contribution in [0.25, 0.3) is 55.2 Å². The van der Waals surface area contributed by atoms with Crippen molar-refractivity contribution in [3.05, 3.63) is 71.2 Å². The van der Waals surface area contributed by atoms with Crippen molar-refractivity contribution in [3.8, 4) is 33.2 Å². The maximum Gasteiger partial charge on any atom is 0.261 e. The lowest BCUT2D eigenvalue weighted by molar-refractivity contribution is 0.0115. The van der Waals surface area contributed by atoms with Crippen molar-refractivity contribution < 1.29 is 13.2 Å². The summed E-state index contributed by atoms with van der Waals surface area (Å²) in [6, 6.07) is 10.9. The molecule has 196 valence electrons. The maximum atomic E-state index is 15.2. The number of nitrogens with zero attached hydrogens (tertiary/aromatic N) is 5. The SMILES string of the molecule is Cc1ccc(-c2nccc3[nH]c(-c4n[nH]c5cc(F)c(-c6cncc(CN7CCC(F)(F)C7)c6)cc45)nc23)s1. The van der Waals surface area contributed by atoms with Gasteiger partial charge >= 0.3 is 0 Å². The van der Waals surface area contributed by atoms with Gasteiger partial charge in [-0.3, -0.25) is 20.0 Å². The number of halogens is 3. The summed E-state index contributed by atoms with van der Waals surface area (Å²) >= 11 is 1.65. The largest absolute Gasteiger partial charge is 0.336 e. The van der Waals surface area contributed by atoms with Crippen LogP contribution in [0.4, 0.5) is 13.2 Å². The summed E-state index contributed by atoms with van der Waals surface area (Å²) in [6.07, 6.45) is 4.80. The molecule has 0 aliphatic carbocycles. The molecule has 7 rings (SSSR count). The van der Waals surface area contributed by atoms with Gasteiger partial charge in [0.25, 0.3) is 5.92 Å².